The molecule has 3 N–H and O–H groups in total. The van der Waals surface area contributed by atoms with E-state index in [1.807, 2.05) is 0 Å². The first-order chi connectivity index (χ1) is 11.1. The van der Waals surface area contributed by atoms with Crippen molar-refractivity contribution in [1.29, 1.82) is 0 Å². The number of hydrogen-bond acceptors (Lipinski definition) is 1. The molecule has 0 saturated heterocycles. The summed E-state index contributed by atoms with van der Waals surface area (Å²) < 4.78 is 1.13. The second kappa shape index (κ2) is 6.90. The van der Waals surface area contributed by atoms with E-state index in [0.717, 1.165) is 30.3 Å². The van der Waals surface area contributed by atoms with E-state index >= 15 is 0 Å². The molecule has 3 rings (SSSR count). The van der Waals surface area contributed by atoms with Crippen molar-refractivity contribution < 1.29 is 0 Å². The molecule has 3 heteroatoms. The van der Waals surface area contributed by atoms with Crippen LogP contribution >= 0.6 is 15.9 Å². The van der Waals surface area contributed by atoms with Gasteiger partial charge in [-0.05, 0) is 62.9 Å². The van der Waals surface area contributed by atoms with Crippen LogP contribution in [0, 0.1) is 13.8 Å². The molecule has 0 fully saturated rings. The minimum Gasteiger partial charge on any atom is -0.354 e. The smallest absolute Gasteiger partial charge is 0.0508 e. The fourth-order valence-corrected chi connectivity index (χ4v) is 3.79. The molecule has 0 radical (unpaired) electrons. The van der Waals surface area contributed by atoms with Crippen LogP contribution in [0.15, 0.2) is 40.9 Å². The molecule has 0 spiro atoms. The number of aryl methyl sites for hydroxylation is 3. The standard InChI is InChI=1S/C20H23BrN2/c1-13-11-14(2)19-17(12-13)15(7-5-6-10-22)20(23-19)16-8-3-4-9-18(16)21/h3-4,8-9,11-12,23H,5-7,10,22H2,1-2H3. The van der Waals surface area contributed by atoms with Gasteiger partial charge in [-0.2, -0.15) is 0 Å². The highest BCUT2D eigenvalue weighted by atomic mass is 79.9. The third kappa shape index (κ3) is 3.22. The summed E-state index contributed by atoms with van der Waals surface area (Å²) in [6, 6.07) is 13.0. The van der Waals surface area contributed by atoms with E-state index in [2.05, 4.69) is 71.2 Å². The maximum atomic E-state index is 5.69. The van der Waals surface area contributed by atoms with Crippen molar-refractivity contribution in [3.8, 4) is 11.3 Å². The Balaban J connectivity index is 2.21. The number of nitrogens with one attached hydrogen (secondary N) is 1. The topological polar surface area (TPSA) is 41.8 Å². The monoisotopic (exact) mass is 370 g/mol. The Morgan fingerprint density at radius 3 is 2.61 bits per heavy atom. The zero-order chi connectivity index (χ0) is 16.4. The number of unbranched alkanes of at least 4 members (excludes halogenated alkanes) is 1. The highest BCUT2D eigenvalue weighted by Crippen LogP contribution is 2.36. The van der Waals surface area contributed by atoms with Crippen LogP contribution in [0.2, 0.25) is 0 Å². The summed E-state index contributed by atoms with van der Waals surface area (Å²) in [5.41, 5.74) is 13.4. The van der Waals surface area contributed by atoms with Gasteiger partial charge < -0.3 is 10.7 Å². The fraction of sp³-hybridized carbons (Fsp3) is 0.300. The molecule has 0 aliphatic carbocycles. The zero-order valence-electron chi connectivity index (χ0n) is 13.7. The summed E-state index contributed by atoms with van der Waals surface area (Å²) in [4.78, 5) is 3.68. The van der Waals surface area contributed by atoms with Gasteiger partial charge in [0.25, 0.3) is 0 Å². The van der Waals surface area contributed by atoms with E-state index in [1.54, 1.807) is 0 Å². The molecule has 0 bridgehead atoms. The number of aromatic amines is 1. The molecule has 3 aromatic rings. The number of fused-ring (bicyclic) bond motifs is 1. The first-order valence-electron chi connectivity index (χ1n) is 8.18. The first-order valence-corrected chi connectivity index (χ1v) is 8.98. The minimum absolute atomic E-state index is 0.755. The lowest BCUT2D eigenvalue weighted by Crippen LogP contribution is -1.99. The lowest BCUT2D eigenvalue weighted by Gasteiger charge is -2.07. The third-order valence-electron chi connectivity index (χ3n) is 4.38. The van der Waals surface area contributed by atoms with E-state index in [-0.39, 0.29) is 0 Å². The molecule has 0 unspecified atom stereocenters. The van der Waals surface area contributed by atoms with E-state index in [0.29, 0.717) is 0 Å². The van der Waals surface area contributed by atoms with Crippen LogP contribution in [-0.4, -0.2) is 11.5 Å². The van der Waals surface area contributed by atoms with Crippen molar-refractivity contribution in [2.75, 3.05) is 6.54 Å². The molecule has 23 heavy (non-hydrogen) atoms. The molecule has 0 saturated carbocycles. The van der Waals surface area contributed by atoms with E-state index in [9.17, 15) is 0 Å². The molecule has 2 aromatic carbocycles. The van der Waals surface area contributed by atoms with Crippen LogP contribution in [0.4, 0.5) is 0 Å². The summed E-state index contributed by atoms with van der Waals surface area (Å²) in [5.74, 6) is 0. The van der Waals surface area contributed by atoms with Crippen molar-refractivity contribution in [3.05, 3.63) is 57.6 Å². The van der Waals surface area contributed by atoms with Gasteiger partial charge in [-0.3, -0.25) is 0 Å². The van der Waals surface area contributed by atoms with Crippen molar-refractivity contribution in [2.24, 2.45) is 5.73 Å². The van der Waals surface area contributed by atoms with Gasteiger partial charge in [0.05, 0.1) is 5.69 Å². The minimum atomic E-state index is 0.755. The molecule has 2 nitrogen and oxygen atoms in total. The Bertz CT molecular complexity index is 833. The molecule has 0 aliphatic heterocycles. The number of H-pyrrole nitrogens is 1. The average molecular weight is 371 g/mol. The Morgan fingerprint density at radius 1 is 1.09 bits per heavy atom. The van der Waals surface area contributed by atoms with E-state index in [4.69, 9.17) is 5.73 Å². The van der Waals surface area contributed by atoms with Gasteiger partial charge in [-0.25, -0.2) is 0 Å². The van der Waals surface area contributed by atoms with Gasteiger partial charge in [0, 0.05) is 20.9 Å². The molecule has 0 atom stereocenters. The molecule has 1 heterocycles. The first kappa shape index (κ1) is 16.3. The van der Waals surface area contributed by atoms with Crippen LogP contribution in [0.1, 0.15) is 29.5 Å². The lowest BCUT2D eigenvalue weighted by molar-refractivity contribution is 0.748. The molecular weight excluding hydrogens is 348 g/mol. The van der Waals surface area contributed by atoms with Gasteiger partial charge in [0.2, 0.25) is 0 Å². The predicted octanol–water partition coefficient (Wildman–Crippen LogP) is 5.50. The largest absolute Gasteiger partial charge is 0.354 e. The summed E-state index contributed by atoms with van der Waals surface area (Å²) in [7, 11) is 0. The second-order valence-corrected chi connectivity index (χ2v) is 7.06. The lowest BCUT2D eigenvalue weighted by atomic mass is 9.98. The molecule has 0 aliphatic rings. The van der Waals surface area contributed by atoms with Crippen molar-refractivity contribution >= 4 is 26.8 Å². The van der Waals surface area contributed by atoms with Gasteiger partial charge in [0.15, 0.2) is 0 Å². The van der Waals surface area contributed by atoms with Crippen LogP contribution in [0.3, 0.4) is 0 Å². The maximum absolute atomic E-state index is 5.69. The predicted molar refractivity (Wildman–Crippen MR) is 103 cm³/mol. The third-order valence-corrected chi connectivity index (χ3v) is 5.07. The number of hydrogen-bond donors (Lipinski definition) is 2. The highest BCUT2D eigenvalue weighted by molar-refractivity contribution is 9.10. The highest BCUT2D eigenvalue weighted by Gasteiger charge is 2.16. The number of halogens is 1. The molecule has 1 aromatic heterocycles. The molecular formula is C20H23BrN2. The Morgan fingerprint density at radius 2 is 1.87 bits per heavy atom. The van der Waals surface area contributed by atoms with Gasteiger partial charge in [-0.1, -0.05) is 45.8 Å². The van der Waals surface area contributed by atoms with Crippen molar-refractivity contribution in [3.63, 3.8) is 0 Å². The molecule has 0 amide bonds. The number of aromatic nitrogens is 1. The van der Waals surface area contributed by atoms with Crippen molar-refractivity contribution in [2.45, 2.75) is 33.1 Å². The zero-order valence-corrected chi connectivity index (χ0v) is 15.3. The SMILES string of the molecule is Cc1cc(C)c2[nH]c(-c3ccccc3Br)c(CCCCN)c2c1. The summed E-state index contributed by atoms with van der Waals surface area (Å²) in [6.07, 6.45) is 3.23. The van der Waals surface area contributed by atoms with Crippen LogP contribution in [0.5, 0.6) is 0 Å². The summed E-state index contributed by atoms with van der Waals surface area (Å²) in [6.45, 7) is 5.10. The van der Waals surface area contributed by atoms with Gasteiger partial charge in [0.1, 0.15) is 0 Å². The quantitative estimate of drug-likeness (QED) is 0.572. The average Bonchev–Trinajstić information content (AvgIpc) is 2.87. The van der Waals surface area contributed by atoms with Crippen molar-refractivity contribution in [1.82, 2.24) is 4.98 Å². The fourth-order valence-electron chi connectivity index (χ4n) is 3.31. The van der Waals surface area contributed by atoms with E-state index < -0.39 is 0 Å². The summed E-state index contributed by atoms with van der Waals surface area (Å²) >= 11 is 3.70. The summed E-state index contributed by atoms with van der Waals surface area (Å²) in [5, 5.41) is 1.35. The normalized spacial score (nSPS) is 11.3. The van der Waals surface area contributed by atoms with Crippen LogP contribution in [-0.2, 0) is 6.42 Å². The second-order valence-electron chi connectivity index (χ2n) is 6.21. The van der Waals surface area contributed by atoms with E-state index in [1.165, 1.54) is 38.9 Å². The van der Waals surface area contributed by atoms with Gasteiger partial charge in [-0.15, -0.1) is 0 Å². The van der Waals surface area contributed by atoms with Crippen LogP contribution in [0.25, 0.3) is 22.2 Å². The maximum Gasteiger partial charge on any atom is 0.0508 e. The van der Waals surface area contributed by atoms with Gasteiger partial charge >= 0.3 is 0 Å². The molecule has 120 valence electrons. The number of nitrogens with two attached hydrogens (primary N) is 1. The number of benzene rings is 2. The Hall–Kier alpha value is -1.58. The number of rotatable bonds is 5. The Kier molecular flexibility index (Phi) is 4.88. The Labute approximate surface area is 146 Å². The van der Waals surface area contributed by atoms with Crippen LogP contribution < -0.4 is 5.73 Å².